The first-order valence-corrected chi connectivity index (χ1v) is 6.72. The van der Waals surface area contributed by atoms with Gasteiger partial charge in [-0.05, 0) is 28.3 Å². The molecule has 3 rings (SSSR count). The van der Waals surface area contributed by atoms with Crippen LogP contribution in [0.1, 0.15) is 23.8 Å². The molecule has 1 aliphatic heterocycles. The van der Waals surface area contributed by atoms with Crippen LogP contribution in [0.2, 0.25) is 0 Å². The molecule has 2 aromatic rings. The van der Waals surface area contributed by atoms with Crippen molar-refractivity contribution in [1.82, 2.24) is 19.3 Å². The molecule has 0 saturated carbocycles. The van der Waals surface area contributed by atoms with Crippen molar-refractivity contribution in [3.8, 4) is 0 Å². The van der Waals surface area contributed by atoms with Crippen molar-refractivity contribution in [2.45, 2.75) is 13.3 Å². The summed E-state index contributed by atoms with van der Waals surface area (Å²) in [5, 5.41) is 0. The summed E-state index contributed by atoms with van der Waals surface area (Å²) < 4.78 is 2.47. The van der Waals surface area contributed by atoms with Crippen LogP contribution in [0.5, 0.6) is 0 Å². The molecule has 1 amide bonds. The summed E-state index contributed by atoms with van der Waals surface area (Å²) in [5.41, 5.74) is 1.29. The summed E-state index contributed by atoms with van der Waals surface area (Å²) in [7, 11) is 0. The predicted octanol–water partition coefficient (Wildman–Crippen LogP) is 1.97. The minimum Gasteiger partial charge on any atom is -0.337 e. The Morgan fingerprint density at radius 2 is 2.28 bits per heavy atom. The number of carbonyl (C=O) groups excluding carboxylic acids is 1. The van der Waals surface area contributed by atoms with Gasteiger partial charge in [0.2, 0.25) is 0 Å². The summed E-state index contributed by atoms with van der Waals surface area (Å²) in [6.45, 7) is 3.83. The Bertz CT molecular complexity index is 609. The number of likely N-dealkylation sites (tertiary alicyclic amines) is 1. The minimum absolute atomic E-state index is 0.0463. The van der Waals surface area contributed by atoms with Gasteiger partial charge in [-0.2, -0.15) is 0 Å². The van der Waals surface area contributed by atoms with Gasteiger partial charge in [-0.15, -0.1) is 0 Å². The third kappa shape index (κ3) is 1.90. The Balaban J connectivity index is 1.99. The second-order valence-electron chi connectivity index (χ2n) is 4.73. The molecule has 3 heterocycles. The van der Waals surface area contributed by atoms with Gasteiger partial charge in [0.25, 0.3) is 5.91 Å². The fourth-order valence-electron chi connectivity index (χ4n) is 2.31. The van der Waals surface area contributed by atoms with E-state index in [4.69, 9.17) is 0 Å². The molecule has 1 saturated heterocycles. The molecule has 2 aromatic heterocycles. The topological polar surface area (TPSA) is 50.5 Å². The minimum atomic E-state index is 0.0463. The molecule has 0 aromatic carbocycles. The number of nitrogens with zero attached hydrogens (tertiary/aromatic N) is 4. The number of fused-ring (bicyclic) bond motifs is 1. The van der Waals surface area contributed by atoms with Crippen LogP contribution in [-0.4, -0.2) is 38.3 Å². The van der Waals surface area contributed by atoms with Crippen LogP contribution in [-0.2, 0) is 0 Å². The largest absolute Gasteiger partial charge is 0.337 e. The number of hydrogen-bond acceptors (Lipinski definition) is 3. The molecule has 1 atom stereocenters. The van der Waals surface area contributed by atoms with E-state index in [0.717, 1.165) is 19.5 Å². The van der Waals surface area contributed by atoms with E-state index in [1.165, 1.54) is 0 Å². The number of carbonyl (C=O) groups is 1. The zero-order valence-corrected chi connectivity index (χ0v) is 11.6. The summed E-state index contributed by atoms with van der Waals surface area (Å²) in [6.07, 6.45) is 6.12. The monoisotopic (exact) mass is 308 g/mol. The number of amides is 1. The third-order valence-electron chi connectivity index (χ3n) is 3.29. The van der Waals surface area contributed by atoms with E-state index < -0.39 is 0 Å². The molecule has 0 aliphatic carbocycles. The SMILES string of the molecule is CC1CCN(C(=O)c2cnc3cnc(Br)cn23)C1. The van der Waals surface area contributed by atoms with Crippen molar-refractivity contribution in [3.63, 3.8) is 0 Å². The number of imidazole rings is 1. The highest BCUT2D eigenvalue weighted by molar-refractivity contribution is 9.10. The molecule has 18 heavy (non-hydrogen) atoms. The van der Waals surface area contributed by atoms with E-state index in [1.807, 2.05) is 4.90 Å². The van der Waals surface area contributed by atoms with Gasteiger partial charge >= 0.3 is 0 Å². The predicted molar refractivity (Wildman–Crippen MR) is 70.4 cm³/mol. The summed E-state index contributed by atoms with van der Waals surface area (Å²) in [6, 6.07) is 0. The highest BCUT2D eigenvalue weighted by atomic mass is 79.9. The van der Waals surface area contributed by atoms with Crippen molar-refractivity contribution >= 4 is 27.5 Å². The second-order valence-corrected chi connectivity index (χ2v) is 5.54. The van der Waals surface area contributed by atoms with Crippen LogP contribution in [0.3, 0.4) is 0 Å². The molecule has 0 spiro atoms. The highest BCUT2D eigenvalue weighted by Crippen LogP contribution is 2.19. The van der Waals surface area contributed by atoms with Crippen molar-refractivity contribution < 1.29 is 4.79 Å². The van der Waals surface area contributed by atoms with E-state index >= 15 is 0 Å². The van der Waals surface area contributed by atoms with Crippen LogP contribution in [0.4, 0.5) is 0 Å². The zero-order chi connectivity index (χ0) is 12.7. The molecule has 0 radical (unpaired) electrons. The van der Waals surface area contributed by atoms with E-state index in [1.54, 1.807) is 23.0 Å². The van der Waals surface area contributed by atoms with Gasteiger partial charge in [0.15, 0.2) is 5.65 Å². The lowest BCUT2D eigenvalue weighted by Gasteiger charge is -2.15. The molecule has 0 bridgehead atoms. The Morgan fingerprint density at radius 1 is 1.44 bits per heavy atom. The number of aromatic nitrogens is 3. The third-order valence-corrected chi connectivity index (χ3v) is 3.70. The van der Waals surface area contributed by atoms with Gasteiger partial charge in [-0.1, -0.05) is 6.92 Å². The van der Waals surface area contributed by atoms with Crippen LogP contribution in [0, 0.1) is 5.92 Å². The lowest BCUT2D eigenvalue weighted by molar-refractivity contribution is 0.0781. The number of rotatable bonds is 1. The maximum Gasteiger partial charge on any atom is 0.272 e. The Morgan fingerprint density at radius 3 is 3.00 bits per heavy atom. The normalized spacial score (nSPS) is 19.7. The zero-order valence-electron chi connectivity index (χ0n) is 10.0. The van der Waals surface area contributed by atoms with Crippen molar-refractivity contribution in [3.05, 3.63) is 28.9 Å². The molecule has 6 heteroatoms. The first-order valence-electron chi connectivity index (χ1n) is 5.93. The van der Waals surface area contributed by atoms with E-state index in [2.05, 4.69) is 32.8 Å². The average Bonchev–Trinajstić information content (AvgIpc) is 2.94. The lowest BCUT2D eigenvalue weighted by Crippen LogP contribution is -2.29. The average molecular weight is 309 g/mol. The lowest BCUT2D eigenvalue weighted by atomic mass is 10.2. The van der Waals surface area contributed by atoms with E-state index in [0.29, 0.717) is 21.9 Å². The molecular weight excluding hydrogens is 296 g/mol. The Hall–Kier alpha value is -1.43. The molecular formula is C12H13BrN4O. The quantitative estimate of drug-likeness (QED) is 0.809. The number of halogens is 1. The van der Waals surface area contributed by atoms with Crippen LogP contribution in [0.25, 0.3) is 5.65 Å². The van der Waals surface area contributed by atoms with Crippen LogP contribution in [0.15, 0.2) is 23.2 Å². The fourth-order valence-corrected chi connectivity index (χ4v) is 2.61. The Labute approximate surface area is 113 Å². The van der Waals surface area contributed by atoms with Crippen molar-refractivity contribution in [2.24, 2.45) is 5.92 Å². The van der Waals surface area contributed by atoms with Gasteiger partial charge in [0, 0.05) is 19.3 Å². The molecule has 94 valence electrons. The van der Waals surface area contributed by atoms with Crippen LogP contribution < -0.4 is 0 Å². The summed E-state index contributed by atoms with van der Waals surface area (Å²) >= 11 is 3.31. The molecule has 1 aliphatic rings. The summed E-state index contributed by atoms with van der Waals surface area (Å²) in [4.78, 5) is 22.6. The maximum absolute atomic E-state index is 12.4. The van der Waals surface area contributed by atoms with E-state index in [9.17, 15) is 4.79 Å². The summed E-state index contributed by atoms with van der Waals surface area (Å²) in [5.74, 6) is 0.631. The van der Waals surface area contributed by atoms with Gasteiger partial charge < -0.3 is 4.90 Å². The van der Waals surface area contributed by atoms with Gasteiger partial charge in [-0.25, -0.2) is 9.97 Å². The standard InChI is InChI=1S/C12H13BrN4O/c1-8-2-3-16(6-8)12(18)9-4-15-11-5-14-10(13)7-17(9)11/h4-5,7-8H,2-3,6H2,1H3. The first-order chi connectivity index (χ1) is 8.65. The first kappa shape index (κ1) is 11.6. The fraction of sp³-hybridized carbons (Fsp3) is 0.417. The van der Waals surface area contributed by atoms with Gasteiger partial charge in [-0.3, -0.25) is 9.20 Å². The molecule has 1 unspecified atom stereocenters. The highest BCUT2D eigenvalue weighted by Gasteiger charge is 2.26. The maximum atomic E-state index is 12.4. The smallest absolute Gasteiger partial charge is 0.272 e. The molecule has 1 fully saturated rings. The van der Waals surface area contributed by atoms with Gasteiger partial charge in [0.05, 0.1) is 12.4 Å². The molecule has 5 nitrogen and oxygen atoms in total. The molecule has 0 N–H and O–H groups in total. The second kappa shape index (κ2) is 4.35. The Kier molecular flexibility index (Phi) is 2.81. The number of hydrogen-bond donors (Lipinski definition) is 0. The van der Waals surface area contributed by atoms with Crippen molar-refractivity contribution in [2.75, 3.05) is 13.1 Å². The van der Waals surface area contributed by atoms with Gasteiger partial charge in [0.1, 0.15) is 10.3 Å². The van der Waals surface area contributed by atoms with Crippen LogP contribution >= 0.6 is 15.9 Å². The van der Waals surface area contributed by atoms with Crippen molar-refractivity contribution in [1.29, 1.82) is 0 Å². The van der Waals surface area contributed by atoms with E-state index in [-0.39, 0.29) is 5.91 Å².